The molecule has 28 heavy (non-hydrogen) atoms. The van der Waals surface area contributed by atoms with Gasteiger partial charge in [0, 0.05) is 13.2 Å². The number of nitrogens with one attached hydrogen (secondary N) is 1. The topological polar surface area (TPSA) is 77.1 Å². The van der Waals surface area contributed by atoms with Crippen LogP contribution in [-0.4, -0.2) is 30.3 Å². The molecule has 4 aromatic rings. The van der Waals surface area contributed by atoms with Crippen LogP contribution in [-0.2, 0) is 7.05 Å². The molecule has 0 aliphatic carbocycles. The molecule has 0 radical (unpaired) electrons. The Balaban J connectivity index is 1.63. The first-order chi connectivity index (χ1) is 13.5. The molecule has 144 valence electrons. The Bertz CT molecular complexity index is 1100. The highest BCUT2D eigenvalue weighted by atomic mass is 32.1. The fourth-order valence-electron chi connectivity index (χ4n) is 3.25. The highest BCUT2D eigenvalue weighted by Crippen LogP contribution is 2.25. The second-order valence-corrected chi connectivity index (χ2v) is 8.11. The van der Waals surface area contributed by atoms with Crippen LogP contribution in [0.4, 0.5) is 0 Å². The SMILES string of the molecule is CC(C)CC(NC(=O)c1cc(-c2cccs2)nn1C)c1nnc2ccccn12. The molecule has 1 amide bonds. The maximum atomic E-state index is 13.0. The van der Waals surface area contributed by atoms with Gasteiger partial charge in [-0.3, -0.25) is 13.9 Å². The number of pyridine rings is 1. The molecule has 0 saturated carbocycles. The van der Waals surface area contributed by atoms with Crippen molar-refractivity contribution in [2.75, 3.05) is 0 Å². The number of thiophene rings is 1. The zero-order chi connectivity index (χ0) is 19.7. The number of hydrogen-bond donors (Lipinski definition) is 1. The van der Waals surface area contributed by atoms with Crippen molar-refractivity contribution < 1.29 is 4.79 Å². The van der Waals surface area contributed by atoms with E-state index in [1.54, 1.807) is 23.1 Å². The highest BCUT2D eigenvalue weighted by Gasteiger charge is 2.24. The van der Waals surface area contributed by atoms with Crippen molar-refractivity contribution in [3.8, 4) is 10.6 Å². The van der Waals surface area contributed by atoms with Crippen LogP contribution in [0.3, 0.4) is 0 Å². The minimum absolute atomic E-state index is 0.170. The molecule has 1 atom stereocenters. The molecular weight excluding hydrogens is 372 g/mol. The molecule has 4 heterocycles. The molecule has 8 heteroatoms. The van der Waals surface area contributed by atoms with E-state index < -0.39 is 0 Å². The first-order valence-electron chi connectivity index (χ1n) is 9.21. The number of carbonyl (C=O) groups is 1. The van der Waals surface area contributed by atoms with Gasteiger partial charge in [0.25, 0.3) is 5.91 Å². The molecule has 7 nitrogen and oxygen atoms in total. The lowest BCUT2D eigenvalue weighted by atomic mass is 10.0. The van der Waals surface area contributed by atoms with Gasteiger partial charge in [-0.15, -0.1) is 21.5 Å². The van der Waals surface area contributed by atoms with Crippen molar-refractivity contribution in [1.29, 1.82) is 0 Å². The van der Waals surface area contributed by atoms with E-state index in [4.69, 9.17) is 0 Å². The summed E-state index contributed by atoms with van der Waals surface area (Å²) in [5.41, 5.74) is 2.09. The van der Waals surface area contributed by atoms with Crippen molar-refractivity contribution in [1.82, 2.24) is 29.7 Å². The van der Waals surface area contributed by atoms with Crippen LogP contribution >= 0.6 is 11.3 Å². The maximum absolute atomic E-state index is 13.0. The highest BCUT2D eigenvalue weighted by molar-refractivity contribution is 7.13. The van der Waals surface area contributed by atoms with Crippen molar-refractivity contribution >= 4 is 22.9 Å². The quantitative estimate of drug-likeness (QED) is 0.541. The van der Waals surface area contributed by atoms with E-state index in [9.17, 15) is 4.79 Å². The third kappa shape index (κ3) is 3.55. The fraction of sp³-hybridized carbons (Fsp3) is 0.300. The lowest BCUT2D eigenvalue weighted by Crippen LogP contribution is -2.32. The number of hydrogen-bond acceptors (Lipinski definition) is 5. The average Bonchev–Trinajstić information content (AvgIpc) is 3.40. The molecular formula is C20H22N6OS. The summed E-state index contributed by atoms with van der Waals surface area (Å²) in [6.07, 6.45) is 2.68. The molecule has 4 rings (SSSR count). The van der Waals surface area contributed by atoms with Crippen molar-refractivity contribution in [3.63, 3.8) is 0 Å². The van der Waals surface area contributed by atoms with Gasteiger partial charge >= 0.3 is 0 Å². The zero-order valence-corrected chi connectivity index (χ0v) is 16.8. The summed E-state index contributed by atoms with van der Waals surface area (Å²) >= 11 is 1.60. The van der Waals surface area contributed by atoms with Gasteiger partial charge in [-0.2, -0.15) is 5.10 Å². The first kappa shape index (κ1) is 18.4. The van der Waals surface area contributed by atoms with Crippen LogP contribution in [0.2, 0.25) is 0 Å². The van der Waals surface area contributed by atoms with E-state index in [0.717, 1.165) is 28.5 Å². The van der Waals surface area contributed by atoms with E-state index in [1.807, 2.05) is 52.4 Å². The molecule has 0 aliphatic rings. The fourth-order valence-corrected chi connectivity index (χ4v) is 3.94. The van der Waals surface area contributed by atoms with E-state index in [1.165, 1.54) is 0 Å². The lowest BCUT2D eigenvalue weighted by molar-refractivity contribution is 0.0920. The summed E-state index contributed by atoms with van der Waals surface area (Å²) < 4.78 is 3.55. The molecule has 0 fully saturated rings. The number of fused-ring (bicyclic) bond motifs is 1. The van der Waals surface area contributed by atoms with Crippen LogP contribution in [0.5, 0.6) is 0 Å². The second kappa shape index (κ2) is 7.55. The summed E-state index contributed by atoms with van der Waals surface area (Å²) in [7, 11) is 1.79. The molecule has 0 spiro atoms. The van der Waals surface area contributed by atoms with Crippen LogP contribution in [0.25, 0.3) is 16.2 Å². The monoisotopic (exact) mass is 394 g/mol. The van der Waals surface area contributed by atoms with Gasteiger partial charge in [-0.25, -0.2) is 0 Å². The summed E-state index contributed by atoms with van der Waals surface area (Å²) in [4.78, 5) is 14.1. The summed E-state index contributed by atoms with van der Waals surface area (Å²) in [5.74, 6) is 0.948. The van der Waals surface area contributed by atoms with E-state index in [-0.39, 0.29) is 11.9 Å². The molecule has 0 aromatic carbocycles. The van der Waals surface area contributed by atoms with Crippen molar-refractivity contribution in [2.24, 2.45) is 13.0 Å². The van der Waals surface area contributed by atoms with Gasteiger partial charge in [0.05, 0.1) is 10.9 Å². The normalized spacial score (nSPS) is 12.6. The summed E-state index contributed by atoms with van der Waals surface area (Å²) in [5, 5.41) is 18.2. The van der Waals surface area contributed by atoms with Gasteiger partial charge < -0.3 is 5.32 Å². The van der Waals surface area contributed by atoms with E-state index in [2.05, 4.69) is 34.5 Å². The second-order valence-electron chi connectivity index (χ2n) is 7.16. The van der Waals surface area contributed by atoms with Gasteiger partial charge in [0.1, 0.15) is 11.4 Å². The van der Waals surface area contributed by atoms with E-state index >= 15 is 0 Å². The largest absolute Gasteiger partial charge is 0.341 e. The van der Waals surface area contributed by atoms with Crippen molar-refractivity contribution in [3.05, 3.63) is 59.5 Å². The Morgan fingerprint density at radius 1 is 1.21 bits per heavy atom. The Hall–Kier alpha value is -3.00. The predicted octanol–water partition coefficient (Wildman–Crippen LogP) is 3.71. The molecule has 1 N–H and O–H groups in total. The average molecular weight is 395 g/mol. The van der Waals surface area contributed by atoms with Crippen LogP contribution in [0, 0.1) is 5.92 Å². The van der Waals surface area contributed by atoms with Gasteiger partial charge in [-0.05, 0) is 42.0 Å². The third-order valence-electron chi connectivity index (χ3n) is 4.55. The minimum Gasteiger partial charge on any atom is -0.341 e. The Morgan fingerprint density at radius 2 is 2.07 bits per heavy atom. The third-order valence-corrected chi connectivity index (χ3v) is 5.44. The standard InChI is InChI=1S/C20H22N6OS/c1-13(2)11-15(19-23-22-18-8-4-5-9-26(18)19)21-20(27)16-12-14(24-25(16)3)17-7-6-10-28-17/h4-10,12-13,15H,11H2,1-3H3,(H,21,27). The van der Waals surface area contributed by atoms with Gasteiger partial charge in [0.15, 0.2) is 11.5 Å². The number of aryl methyl sites for hydroxylation is 1. The summed E-state index contributed by atoms with van der Waals surface area (Å²) in [6.45, 7) is 4.25. The van der Waals surface area contributed by atoms with Crippen LogP contribution < -0.4 is 5.32 Å². The number of amides is 1. The van der Waals surface area contributed by atoms with Gasteiger partial charge in [-0.1, -0.05) is 26.0 Å². The van der Waals surface area contributed by atoms with Gasteiger partial charge in [0.2, 0.25) is 0 Å². The van der Waals surface area contributed by atoms with Crippen LogP contribution in [0.1, 0.15) is 42.6 Å². The summed E-state index contributed by atoms with van der Waals surface area (Å²) in [6, 6.07) is 11.3. The zero-order valence-electron chi connectivity index (χ0n) is 16.0. The molecule has 1 unspecified atom stereocenters. The smallest absolute Gasteiger partial charge is 0.270 e. The number of aromatic nitrogens is 5. The molecule has 0 saturated heterocycles. The predicted molar refractivity (Wildman–Crippen MR) is 109 cm³/mol. The van der Waals surface area contributed by atoms with Crippen LogP contribution in [0.15, 0.2) is 48.0 Å². The Kier molecular flexibility index (Phi) is 4.95. The molecule has 0 bridgehead atoms. The van der Waals surface area contributed by atoms with E-state index in [0.29, 0.717) is 11.6 Å². The Morgan fingerprint density at radius 3 is 2.82 bits per heavy atom. The number of carbonyl (C=O) groups excluding carboxylic acids is 1. The number of rotatable bonds is 6. The molecule has 4 aromatic heterocycles. The Labute approximate surface area is 167 Å². The lowest BCUT2D eigenvalue weighted by Gasteiger charge is -2.19. The number of nitrogens with zero attached hydrogens (tertiary/aromatic N) is 5. The first-order valence-corrected chi connectivity index (χ1v) is 10.1. The minimum atomic E-state index is -0.245. The molecule has 0 aliphatic heterocycles. The maximum Gasteiger partial charge on any atom is 0.270 e. The van der Waals surface area contributed by atoms with Crippen molar-refractivity contribution in [2.45, 2.75) is 26.3 Å².